The van der Waals surface area contributed by atoms with E-state index in [9.17, 15) is 13.2 Å². The Morgan fingerprint density at radius 1 is 1.21 bits per heavy atom. The number of amides is 1. The predicted octanol–water partition coefficient (Wildman–Crippen LogP) is 1.13. The third kappa shape index (κ3) is 3.34. The molecule has 0 spiro atoms. The van der Waals surface area contributed by atoms with Gasteiger partial charge in [0.15, 0.2) is 0 Å². The smallest absolute Gasteiger partial charge is 0.251 e. The minimum absolute atomic E-state index is 0.0288. The first kappa shape index (κ1) is 17.4. The van der Waals surface area contributed by atoms with Gasteiger partial charge in [-0.15, -0.1) is 0 Å². The number of carbonyl (C=O) groups is 1. The van der Waals surface area contributed by atoms with Gasteiger partial charge < -0.3 is 10.6 Å². The van der Waals surface area contributed by atoms with Crippen molar-refractivity contribution in [2.75, 3.05) is 26.2 Å². The number of fused-ring (bicyclic) bond motifs is 1. The van der Waals surface area contributed by atoms with E-state index in [1.807, 2.05) is 6.92 Å². The minimum Gasteiger partial charge on any atom is -0.352 e. The van der Waals surface area contributed by atoms with Crippen LogP contribution in [0.25, 0.3) is 0 Å². The average Bonchev–Trinajstić information content (AvgIpc) is 2.60. The van der Waals surface area contributed by atoms with E-state index in [0.29, 0.717) is 18.7 Å². The number of benzene rings is 1. The average molecular weight is 351 g/mol. The number of hydrogen-bond donors (Lipinski definition) is 2. The minimum atomic E-state index is -3.59. The molecule has 0 atom stereocenters. The Labute approximate surface area is 143 Å². The quantitative estimate of drug-likeness (QED) is 0.833. The van der Waals surface area contributed by atoms with E-state index in [-0.39, 0.29) is 16.8 Å². The SMILES string of the molecule is CCCN(C1CCNCC1)S(=O)(=O)c1ccc2c(c1)C(=O)NCC2. The maximum Gasteiger partial charge on any atom is 0.251 e. The van der Waals surface area contributed by atoms with Crippen LogP contribution in [0.1, 0.15) is 42.1 Å². The zero-order valence-corrected chi connectivity index (χ0v) is 14.9. The van der Waals surface area contributed by atoms with Crippen molar-refractivity contribution in [2.45, 2.75) is 43.5 Å². The van der Waals surface area contributed by atoms with Gasteiger partial charge in [0, 0.05) is 24.7 Å². The van der Waals surface area contributed by atoms with Crippen molar-refractivity contribution in [1.82, 2.24) is 14.9 Å². The van der Waals surface area contributed by atoms with Crippen LogP contribution in [-0.2, 0) is 16.4 Å². The molecule has 132 valence electrons. The summed E-state index contributed by atoms with van der Waals surface area (Å²) < 4.78 is 28.0. The first-order valence-corrected chi connectivity index (χ1v) is 10.1. The molecule has 0 bridgehead atoms. The van der Waals surface area contributed by atoms with Crippen LogP contribution >= 0.6 is 0 Å². The van der Waals surface area contributed by atoms with Crippen LogP contribution in [0.2, 0.25) is 0 Å². The summed E-state index contributed by atoms with van der Waals surface area (Å²) in [7, 11) is -3.59. The molecule has 7 heteroatoms. The van der Waals surface area contributed by atoms with E-state index in [1.165, 1.54) is 0 Å². The van der Waals surface area contributed by atoms with E-state index in [2.05, 4.69) is 10.6 Å². The van der Waals surface area contributed by atoms with Gasteiger partial charge in [0.05, 0.1) is 4.90 Å². The first-order chi connectivity index (χ1) is 11.5. The summed E-state index contributed by atoms with van der Waals surface area (Å²) in [5.74, 6) is -0.183. The normalized spacial score (nSPS) is 19.2. The molecular weight excluding hydrogens is 326 g/mol. The van der Waals surface area contributed by atoms with Crippen LogP contribution in [-0.4, -0.2) is 50.9 Å². The first-order valence-electron chi connectivity index (χ1n) is 8.67. The summed E-state index contributed by atoms with van der Waals surface area (Å²) in [4.78, 5) is 12.3. The van der Waals surface area contributed by atoms with Gasteiger partial charge in [-0.05, 0) is 56.5 Å². The van der Waals surface area contributed by atoms with E-state index < -0.39 is 10.0 Å². The molecule has 2 aliphatic heterocycles. The lowest BCUT2D eigenvalue weighted by Gasteiger charge is -2.33. The summed E-state index contributed by atoms with van der Waals surface area (Å²) >= 11 is 0. The van der Waals surface area contributed by atoms with Crippen molar-refractivity contribution in [3.63, 3.8) is 0 Å². The topological polar surface area (TPSA) is 78.5 Å². The second-order valence-electron chi connectivity index (χ2n) is 6.42. The van der Waals surface area contributed by atoms with Crippen molar-refractivity contribution in [3.8, 4) is 0 Å². The fourth-order valence-corrected chi connectivity index (χ4v) is 5.30. The Kier molecular flexibility index (Phi) is 5.22. The summed E-state index contributed by atoms with van der Waals surface area (Å²) in [6.07, 6.45) is 3.16. The van der Waals surface area contributed by atoms with Gasteiger partial charge in [-0.2, -0.15) is 4.31 Å². The molecule has 0 aliphatic carbocycles. The fraction of sp³-hybridized carbons (Fsp3) is 0.588. The molecular formula is C17H25N3O3S. The van der Waals surface area contributed by atoms with E-state index in [0.717, 1.165) is 44.3 Å². The molecule has 1 amide bonds. The van der Waals surface area contributed by atoms with Crippen molar-refractivity contribution in [2.24, 2.45) is 0 Å². The lowest BCUT2D eigenvalue weighted by atomic mass is 10.0. The molecule has 2 heterocycles. The van der Waals surface area contributed by atoms with E-state index >= 15 is 0 Å². The lowest BCUT2D eigenvalue weighted by Crippen LogP contribution is -2.46. The third-order valence-electron chi connectivity index (χ3n) is 4.77. The van der Waals surface area contributed by atoms with Crippen LogP contribution < -0.4 is 10.6 Å². The number of piperidine rings is 1. The Balaban J connectivity index is 1.95. The molecule has 1 fully saturated rings. The van der Waals surface area contributed by atoms with Gasteiger partial charge in [-0.1, -0.05) is 13.0 Å². The molecule has 0 unspecified atom stereocenters. The van der Waals surface area contributed by atoms with Crippen LogP contribution in [0.4, 0.5) is 0 Å². The van der Waals surface area contributed by atoms with Gasteiger partial charge in [-0.25, -0.2) is 8.42 Å². The molecule has 3 rings (SSSR count). The monoisotopic (exact) mass is 351 g/mol. The Morgan fingerprint density at radius 3 is 2.67 bits per heavy atom. The molecule has 0 radical (unpaired) electrons. The molecule has 2 aliphatic rings. The summed E-state index contributed by atoms with van der Waals surface area (Å²) in [5.41, 5.74) is 1.41. The number of nitrogens with one attached hydrogen (secondary N) is 2. The van der Waals surface area contributed by atoms with E-state index in [1.54, 1.807) is 22.5 Å². The highest BCUT2D eigenvalue weighted by atomic mass is 32.2. The van der Waals surface area contributed by atoms with Gasteiger partial charge in [0.25, 0.3) is 5.91 Å². The summed E-state index contributed by atoms with van der Waals surface area (Å²) in [5, 5.41) is 6.05. The summed E-state index contributed by atoms with van der Waals surface area (Å²) in [6, 6.07) is 5.01. The molecule has 0 saturated carbocycles. The molecule has 1 aromatic carbocycles. The Hall–Kier alpha value is -1.44. The highest BCUT2D eigenvalue weighted by Gasteiger charge is 2.32. The molecule has 6 nitrogen and oxygen atoms in total. The standard InChI is InChI=1S/C17H25N3O3S/c1-2-11-20(14-6-8-18-9-7-14)24(22,23)15-4-3-13-5-10-19-17(21)16(13)12-15/h3-4,12,14,18H,2,5-11H2,1H3,(H,19,21). The second kappa shape index (κ2) is 7.21. The zero-order chi connectivity index (χ0) is 17.2. The lowest BCUT2D eigenvalue weighted by molar-refractivity contribution is 0.0945. The maximum absolute atomic E-state index is 13.2. The van der Waals surface area contributed by atoms with Gasteiger partial charge in [0.1, 0.15) is 0 Å². The van der Waals surface area contributed by atoms with Crippen molar-refractivity contribution >= 4 is 15.9 Å². The van der Waals surface area contributed by atoms with Crippen molar-refractivity contribution < 1.29 is 13.2 Å². The number of carbonyl (C=O) groups excluding carboxylic acids is 1. The predicted molar refractivity (Wildman–Crippen MR) is 92.6 cm³/mol. The molecule has 0 aromatic heterocycles. The highest BCUT2D eigenvalue weighted by molar-refractivity contribution is 7.89. The van der Waals surface area contributed by atoms with Crippen molar-refractivity contribution in [1.29, 1.82) is 0 Å². The van der Waals surface area contributed by atoms with Gasteiger partial charge >= 0.3 is 0 Å². The van der Waals surface area contributed by atoms with Crippen LogP contribution in [0.15, 0.2) is 23.1 Å². The Morgan fingerprint density at radius 2 is 1.96 bits per heavy atom. The fourth-order valence-electron chi connectivity index (χ4n) is 3.50. The number of sulfonamides is 1. The van der Waals surface area contributed by atoms with Crippen molar-refractivity contribution in [3.05, 3.63) is 29.3 Å². The molecule has 2 N–H and O–H groups in total. The molecule has 1 saturated heterocycles. The largest absolute Gasteiger partial charge is 0.352 e. The van der Waals surface area contributed by atoms with Crippen LogP contribution in [0.3, 0.4) is 0 Å². The van der Waals surface area contributed by atoms with Crippen LogP contribution in [0, 0.1) is 0 Å². The third-order valence-corrected chi connectivity index (χ3v) is 6.72. The van der Waals surface area contributed by atoms with E-state index in [4.69, 9.17) is 0 Å². The Bertz CT molecular complexity index is 712. The van der Waals surface area contributed by atoms with Crippen LogP contribution in [0.5, 0.6) is 0 Å². The maximum atomic E-state index is 13.2. The number of nitrogens with zero attached hydrogens (tertiary/aromatic N) is 1. The molecule has 1 aromatic rings. The molecule has 24 heavy (non-hydrogen) atoms. The van der Waals surface area contributed by atoms with Gasteiger partial charge in [-0.3, -0.25) is 4.79 Å². The summed E-state index contributed by atoms with van der Waals surface area (Å²) in [6.45, 7) is 4.79. The number of hydrogen-bond acceptors (Lipinski definition) is 4. The number of rotatable bonds is 5. The highest BCUT2D eigenvalue weighted by Crippen LogP contribution is 2.26. The van der Waals surface area contributed by atoms with Gasteiger partial charge in [0.2, 0.25) is 10.0 Å². The second-order valence-corrected chi connectivity index (χ2v) is 8.31. The zero-order valence-electron chi connectivity index (χ0n) is 14.0.